The van der Waals surface area contributed by atoms with Crippen LogP contribution in [0.1, 0.15) is 9.80 Å². The molecular weight excluding hydrogens is 284 g/mol. The fourth-order valence-electron chi connectivity index (χ4n) is 2.05. The summed E-state index contributed by atoms with van der Waals surface area (Å²) in [5.41, 5.74) is 7.85. The molecule has 3 rings (SSSR count). The van der Waals surface area contributed by atoms with Gasteiger partial charge in [-0.15, -0.1) is 11.3 Å². The molecule has 0 radical (unpaired) electrons. The van der Waals surface area contributed by atoms with E-state index >= 15 is 0 Å². The summed E-state index contributed by atoms with van der Waals surface area (Å²) in [7, 11) is 0. The Hall–Kier alpha value is -2.44. The predicted octanol–water partition coefficient (Wildman–Crippen LogP) is 2.44. The number of para-hydroxylation sites is 3. The standard InChI is InChI=1S/C15H14N4OS/c16-10-5-1-3-7-12(10)19(17)9-13(20)15-18-11-6-2-4-8-14(11)21-15/h1-8H,9,16-17H2. The number of ketones is 1. The monoisotopic (exact) mass is 298 g/mol. The van der Waals surface area contributed by atoms with E-state index in [1.165, 1.54) is 16.3 Å². The van der Waals surface area contributed by atoms with Crippen molar-refractivity contribution < 1.29 is 4.79 Å². The molecule has 0 saturated heterocycles. The zero-order valence-corrected chi connectivity index (χ0v) is 12.0. The van der Waals surface area contributed by atoms with Crippen molar-refractivity contribution in [2.24, 2.45) is 5.84 Å². The number of hydrogen-bond donors (Lipinski definition) is 2. The van der Waals surface area contributed by atoms with Crippen LogP contribution in [-0.2, 0) is 0 Å². The van der Waals surface area contributed by atoms with E-state index in [9.17, 15) is 4.79 Å². The number of carbonyl (C=O) groups is 1. The van der Waals surface area contributed by atoms with Crippen molar-refractivity contribution in [2.75, 3.05) is 17.3 Å². The number of carbonyl (C=O) groups excluding carboxylic acids is 1. The molecule has 1 heterocycles. The van der Waals surface area contributed by atoms with E-state index in [-0.39, 0.29) is 12.3 Å². The predicted molar refractivity (Wildman–Crippen MR) is 86.3 cm³/mol. The van der Waals surface area contributed by atoms with Crippen molar-refractivity contribution in [1.29, 1.82) is 0 Å². The molecule has 4 N–H and O–H groups in total. The fraction of sp³-hybridized carbons (Fsp3) is 0.0667. The minimum atomic E-state index is -0.123. The SMILES string of the molecule is Nc1ccccc1N(N)CC(=O)c1nc2ccccc2s1. The molecule has 0 spiro atoms. The summed E-state index contributed by atoms with van der Waals surface area (Å²) in [5, 5.41) is 1.81. The van der Waals surface area contributed by atoms with Gasteiger partial charge in [0.2, 0.25) is 5.78 Å². The van der Waals surface area contributed by atoms with Gasteiger partial charge in [-0.1, -0.05) is 24.3 Å². The van der Waals surface area contributed by atoms with Gasteiger partial charge >= 0.3 is 0 Å². The number of nitrogens with zero attached hydrogens (tertiary/aromatic N) is 2. The van der Waals surface area contributed by atoms with Crippen molar-refractivity contribution in [3.05, 3.63) is 53.5 Å². The molecule has 106 valence electrons. The minimum absolute atomic E-state index is 0.0357. The van der Waals surface area contributed by atoms with Crippen LogP contribution in [0.3, 0.4) is 0 Å². The summed E-state index contributed by atoms with van der Waals surface area (Å²) in [6.45, 7) is 0.0357. The zero-order valence-electron chi connectivity index (χ0n) is 11.2. The molecule has 2 aromatic carbocycles. The van der Waals surface area contributed by atoms with Crippen LogP contribution in [0, 0.1) is 0 Å². The maximum Gasteiger partial charge on any atom is 0.212 e. The molecule has 0 fully saturated rings. The van der Waals surface area contributed by atoms with E-state index in [1.807, 2.05) is 36.4 Å². The second kappa shape index (κ2) is 5.51. The molecule has 0 amide bonds. The van der Waals surface area contributed by atoms with Gasteiger partial charge < -0.3 is 10.7 Å². The molecule has 0 unspecified atom stereocenters. The van der Waals surface area contributed by atoms with E-state index in [0.717, 1.165) is 10.2 Å². The Bertz CT molecular complexity index is 766. The normalized spacial score (nSPS) is 10.7. The van der Waals surface area contributed by atoms with Gasteiger partial charge in [0.05, 0.1) is 21.6 Å². The average molecular weight is 298 g/mol. The molecule has 6 heteroatoms. The molecule has 0 atom stereocenters. The van der Waals surface area contributed by atoms with Crippen LogP contribution in [0.15, 0.2) is 48.5 Å². The highest BCUT2D eigenvalue weighted by Crippen LogP contribution is 2.23. The first kappa shape index (κ1) is 13.5. The lowest BCUT2D eigenvalue weighted by atomic mass is 10.2. The van der Waals surface area contributed by atoms with E-state index in [1.54, 1.807) is 12.1 Å². The quantitative estimate of drug-likeness (QED) is 0.334. The van der Waals surface area contributed by atoms with Crippen LogP contribution in [0.2, 0.25) is 0 Å². The third-order valence-corrected chi connectivity index (χ3v) is 4.17. The van der Waals surface area contributed by atoms with E-state index in [0.29, 0.717) is 16.4 Å². The van der Waals surface area contributed by atoms with Gasteiger partial charge in [0, 0.05) is 0 Å². The van der Waals surface area contributed by atoms with E-state index < -0.39 is 0 Å². The smallest absolute Gasteiger partial charge is 0.212 e. The van der Waals surface area contributed by atoms with Crippen molar-refractivity contribution in [2.45, 2.75) is 0 Å². The Morgan fingerprint density at radius 2 is 1.86 bits per heavy atom. The number of hydrogen-bond acceptors (Lipinski definition) is 6. The number of Topliss-reactive ketones (excluding diaryl/α,β-unsaturated/α-hetero) is 1. The molecule has 21 heavy (non-hydrogen) atoms. The lowest BCUT2D eigenvalue weighted by Gasteiger charge is -2.18. The number of aromatic nitrogens is 1. The largest absolute Gasteiger partial charge is 0.397 e. The molecule has 0 bridgehead atoms. The van der Waals surface area contributed by atoms with Gasteiger partial charge in [-0.25, -0.2) is 10.8 Å². The summed E-state index contributed by atoms with van der Waals surface area (Å²) in [6, 6.07) is 14.8. The molecule has 0 aliphatic heterocycles. The van der Waals surface area contributed by atoms with Crippen LogP contribution >= 0.6 is 11.3 Å². The number of benzene rings is 2. The van der Waals surface area contributed by atoms with Crippen LogP contribution in [0.4, 0.5) is 11.4 Å². The molecule has 5 nitrogen and oxygen atoms in total. The third kappa shape index (κ3) is 2.72. The summed E-state index contributed by atoms with van der Waals surface area (Å²) in [6.07, 6.45) is 0. The highest BCUT2D eigenvalue weighted by molar-refractivity contribution is 7.20. The fourth-order valence-corrected chi connectivity index (χ4v) is 2.94. The Labute approximate surface area is 125 Å². The topological polar surface area (TPSA) is 85.2 Å². The van der Waals surface area contributed by atoms with Gasteiger partial charge in [0.25, 0.3) is 0 Å². The number of rotatable bonds is 4. The Kier molecular flexibility index (Phi) is 3.55. The van der Waals surface area contributed by atoms with E-state index in [4.69, 9.17) is 11.6 Å². The number of thiazole rings is 1. The number of nitrogen functional groups attached to an aromatic ring is 1. The summed E-state index contributed by atoms with van der Waals surface area (Å²) < 4.78 is 0.989. The molecule has 3 aromatic rings. The van der Waals surface area contributed by atoms with Gasteiger partial charge in [-0.2, -0.15) is 0 Å². The van der Waals surface area contributed by atoms with Crippen molar-refractivity contribution in [3.8, 4) is 0 Å². The molecular formula is C15H14N4OS. The Balaban J connectivity index is 1.81. The summed E-state index contributed by atoms with van der Waals surface area (Å²) in [5.74, 6) is 5.81. The number of nitrogens with two attached hydrogens (primary N) is 2. The molecule has 1 aromatic heterocycles. The number of anilines is 2. The van der Waals surface area contributed by atoms with Crippen LogP contribution in [0.25, 0.3) is 10.2 Å². The van der Waals surface area contributed by atoms with E-state index in [2.05, 4.69) is 4.98 Å². The van der Waals surface area contributed by atoms with Crippen molar-refractivity contribution in [1.82, 2.24) is 4.98 Å². The van der Waals surface area contributed by atoms with Crippen molar-refractivity contribution >= 4 is 38.7 Å². The molecule has 0 saturated carbocycles. The highest BCUT2D eigenvalue weighted by atomic mass is 32.1. The Morgan fingerprint density at radius 1 is 1.14 bits per heavy atom. The second-order valence-electron chi connectivity index (χ2n) is 4.60. The Morgan fingerprint density at radius 3 is 2.62 bits per heavy atom. The first-order valence-electron chi connectivity index (χ1n) is 6.40. The lowest BCUT2D eigenvalue weighted by molar-refractivity contribution is 0.0999. The van der Waals surface area contributed by atoms with Crippen LogP contribution in [0.5, 0.6) is 0 Å². The number of fused-ring (bicyclic) bond motifs is 1. The first-order valence-corrected chi connectivity index (χ1v) is 7.22. The summed E-state index contributed by atoms with van der Waals surface area (Å²) >= 11 is 1.37. The van der Waals surface area contributed by atoms with Gasteiger partial charge in [-0.05, 0) is 24.3 Å². The first-order chi connectivity index (χ1) is 10.1. The maximum atomic E-state index is 12.3. The van der Waals surface area contributed by atoms with Gasteiger partial charge in [0.1, 0.15) is 6.54 Å². The van der Waals surface area contributed by atoms with Crippen LogP contribution < -0.4 is 16.6 Å². The molecule has 0 aliphatic carbocycles. The van der Waals surface area contributed by atoms with Gasteiger partial charge in [0.15, 0.2) is 5.01 Å². The maximum absolute atomic E-state index is 12.3. The zero-order chi connectivity index (χ0) is 14.8. The third-order valence-electron chi connectivity index (χ3n) is 3.09. The number of hydrazine groups is 1. The minimum Gasteiger partial charge on any atom is -0.397 e. The van der Waals surface area contributed by atoms with Crippen molar-refractivity contribution in [3.63, 3.8) is 0 Å². The summed E-state index contributed by atoms with van der Waals surface area (Å²) in [4.78, 5) is 16.6. The highest BCUT2D eigenvalue weighted by Gasteiger charge is 2.16. The van der Waals surface area contributed by atoms with Gasteiger partial charge in [-0.3, -0.25) is 4.79 Å². The molecule has 0 aliphatic rings. The lowest BCUT2D eigenvalue weighted by Crippen LogP contribution is -2.36. The second-order valence-corrected chi connectivity index (χ2v) is 5.63. The average Bonchev–Trinajstić information content (AvgIpc) is 2.91. The van der Waals surface area contributed by atoms with Crippen LogP contribution in [-0.4, -0.2) is 17.3 Å².